The predicted octanol–water partition coefficient (Wildman–Crippen LogP) is 1.57. The molecule has 1 atom stereocenters. The van der Waals surface area contributed by atoms with Gasteiger partial charge in [0, 0.05) is 41.1 Å². The minimum Gasteiger partial charge on any atom is -0.369 e. The van der Waals surface area contributed by atoms with Gasteiger partial charge in [0.2, 0.25) is 11.9 Å². The Kier molecular flexibility index (Phi) is 3.54. The summed E-state index contributed by atoms with van der Waals surface area (Å²) in [5.74, 6) is -1.05. The zero-order valence-corrected chi connectivity index (χ0v) is 16.7. The van der Waals surface area contributed by atoms with E-state index in [1.54, 1.807) is 0 Å². The largest absolute Gasteiger partial charge is 0.369 e. The maximum Gasteiger partial charge on any atom is 0.269 e. The first-order chi connectivity index (χ1) is 14.5. The molecule has 1 aliphatic carbocycles. The van der Waals surface area contributed by atoms with Gasteiger partial charge >= 0.3 is 0 Å². The summed E-state index contributed by atoms with van der Waals surface area (Å²) in [4.78, 5) is 57.4. The number of nitro benzene ring substituents is 1. The molecule has 2 aliphatic heterocycles. The van der Waals surface area contributed by atoms with Gasteiger partial charge in [-0.05, 0) is 17.9 Å². The number of benzene rings is 1. The fraction of sp³-hybridized carbons (Fsp3) is 0.300. The number of aromatic amines is 1. The first-order valence-corrected chi connectivity index (χ1v) is 9.59. The number of Topliss-reactive ketones (excluding diaryl/α,β-unsaturated/α-hetero) is 1. The highest BCUT2D eigenvalue weighted by molar-refractivity contribution is 6.20. The van der Waals surface area contributed by atoms with Gasteiger partial charge in [-0.25, -0.2) is 0 Å². The third-order valence-corrected chi connectivity index (χ3v) is 6.04. The second kappa shape index (κ2) is 5.78. The van der Waals surface area contributed by atoms with Crippen LogP contribution in [0.4, 0.5) is 23.1 Å². The van der Waals surface area contributed by atoms with E-state index in [0.29, 0.717) is 17.8 Å². The minimum atomic E-state index is -1.86. The molecule has 2 aromatic rings. The lowest BCUT2D eigenvalue weighted by molar-refractivity contribution is -0.384. The number of hydrogen-bond donors (Lipinski definition) is 4. The van der Waals surface area contributed by atoms with Crippen LogP contribution in [0.15, 0.2) is 34.3 Å². The number of aromatic nitrogens is 2. The fourth-order valence-corrected chi connectivity index (χ4v) is 4.96. The average molecular weight is 422 g/mol. The maximum atomic E-state index is 13.5. The number of nitrogens with zero attached hydrogens (tertiary/aromatic N) is 2. The quantitative estimate of drug-likeness (QED) is 0.396. The number of ketones is 1. The molecular weight excluding hydrogens is 404 g/mol. The van der Waals surface area contributed by atoms with Gasteiger partial charge in [0.15, 0.2) is 5.78 Å². The number of allylic oxidation sites excluding steroid dienone is 1. The molecule has 5 rings (SSSR count). The van der Waals surface area contributed by atoms with Gasteiger partial charge < -0.3 is 16.4 Å². The lowest BCUT2D eigenvalue weighted by Gasteiger charge is -2.42. The number of nitrogens with two attached hydrogens (primary N) is 1. The molecule has 1 aromatic heterocycles. The smallest absolute Gasteiger partial charge is 0.269 e. The summed E-state index contributed by atoms with van der Waals surface area (Å²) >= 11 is 0. The van der Waals surface area contributed by atoms with E-state index in [2.05, 4.69) is 20.6 Å². The van der Waals surface area contributed by atoms with Gasteiger partial charge in [0.05, 0.1) is 10.5 Å². The van der Waals surface area contributed by atoms with Crippen molar-refractivity contribution >= 4 is 34.8 Å². The van der Waals surface area contributed by atoms with Crippen molar-refractivity contribution in [3.63, 3.8) is 0 Å². The van der Waals surface area contributed by atoms with E-state index >= 15 is 0 Å². The molecule has 31 heavy (non-hydrogen) atoms. The number of nitrogen functional groups attached to an aromatic ring is 1. The van der Waals surface area contributed by atoms with Crippen molar-refractivity contribution in [1.29, 1.82) is 0 Å². The Morgan fingerprint density at radius 1 is 1.16 bits per heavy atom. The number of fused-ring (bicyclic) bond motifs is 5. The van der Waals surface area contributed by atoms with Crippen molar-refractivity contribution in [2.24, 2.45) is 5.41 Å². The van der Waals surface area contributed by atoms with Gasteiger partial charge in [0.25, 0.3) is 11.2 Å². The highest BCUT2D eigenvalue weighted by atomic mass is 16.6. The topological polar surface area (TPSA) is 173 Å². The van der Waals surface area contributed by atoms with Crippen molar-refractivity contribution in [3.8, 4) is 0 Å². The standard InChI is InChI=1S/C20H18N6O5/c1-19(2)6-11-13(12(27)7-19)20(14-15(22-11)24-18(21)25-16(14)28)9-5-8(26(30)31)3-4-10(9)23-17(20)29/h3-5H,6-7H2,1-2H3,(H,23,29)(H4,21,22,24,25,28). The highest BCUT2D eigenvalue weighted by Gasteiger charge is 2.60. The molecule has 3 heterocycles. The Bertz CT molecular complexity index is 1320. The predicted molar refractivity (Wildman–Crippen MR) is 110 cm³/mol. The van der Waals surface area contributed by atoms with Gasteiger partial charge in [-0.2, -0.15) is 4.98 Å². The Morgan fingerprint density at radius 3 is 2.61 bits per heavy atom. The fourth-order valence-electron chi connectivity index (χ4n) is 4.96. The van der Waals surface area contributed by atoms with Crippen molar-refractivity contribution in [2.45, 2.75) is 32.1 Å². The number of nitro groups is 1. The zero-order chi connectivity index (χ0) is 22.3. The summed E-state index contributed by atoms with van der Waals surface area (Å²) in [6.45, 7) is 3.84. The normalized spacial score (nSPS) is 23.0. The molecule has 3 aliphatic rings. The van der Waals surface area contributed by atoms with Crippen LogP contribution in [-0.2, 0) is 15.0 Å². The molecule has 1 aromatic carbocycles. The van der Waals surface area contributed by atoms with Crippen molar-refractivity contribution in [1.82, 2.24) is 9.97 Å². The van der Waals surface area contributed by atoms with E-state index in [-0.39, 0.29) is 46.4 Å². The molecule has 0 saturated carbocycles. The minimum absolute atomic E-state index is 0.0556. The lowest BCUT2D eigenvalue weighted by atomic mass is 9.61. The van der Waals surface area contributed by atoms with Crippen LogP contribution in [0.5, 0.6) is 0 Å². The van der Waals surface area contributed by atoms with Gasteiger partial charge in [-0.15, -0.1) is 0 Å². The first-order valence-electron chi connectivity index (χ1n) is 9.59. The molecule has 1 amide bonds. The Hall–Kier alpha value is -4.02. The monoisotopic (exact) mass is 422 g/mol. The van der Waals surface area contributed by atoms with E-state index < -0.39 is 27.2 Å². The van der Waals surface area contributed by atoms with Crippen LogP contribution < -0.4 is 21.9 Å². The van der Waals surface area contributed by atoms with E-state index in [1.807, 2.05) is 13.8 Å². The number of H-pyrrole nitrogens is 1. The Balaban J connectivity index is 1.94. The summed E-state index contributed by atoms with van der Waals surface area (Å²) in [6, 6.07) is 3.89. The van der Waals surface area contributed by atoms with Gasteiger partial charge in [-0.3, -0.25) is 29.5 Å². The van der Waals surface area contributed by atoms with Crippen molar-refractivity contribution in [2.75, 3.05) is 16.4 Å². The molecule has 1 spiro atoms. The van der Waals surface area contributed by atoms with Crippen LogP contribution in [0, 0.1) is 15.5 Å². The molecule has 158 valence electrons. The Labute approximate surface area is 174 Å². The number of nitrogens with one attached hydrogen (secondary N) is 3. The molecule has 0 fully saturated rings. The summed E-state index contributed by atoms with van der Waals surface area (Å²) in [5.41, 5.74) is 3.45. The zero-order valence-electron chi connectivity index (χ0n) is 16.7. The van der Waals surface area contributed by atoms with Crippen LogP contribution in [0.2, 0.25) is 0 Å². The summed E-state index contributed by atoms with van der Waals surface area (Å²) in [5, 5.41) is 17.2. The van der Waals surface area contributed by atoms with Crippen LogP contribution >= 0.6 is 0 Å². The number of non-ortho nitro benzene ring substituents is 1. The van der Waals surface area contributed by atoms with Gasteiger partial charge in [-0.1, -0.05) is 13.8 Å². The second-order valence-electron chi connectivity index (χ2n) is 8.79. The van der Waals surface area contributed by atoms with E-state index in [9.17, 15) is 24.5 Å². The number of amides is 1. The van der Waals surface area contributed by atoms with Crippen LogP contribution in [0.3, 0.4) is 0 Å². The third kappa shape index (κ3) is 2.39. The van der Waals surface area contributed by atoms with E-state index in [0.717, 1.165) is 0 Å². The first kappa shape index (κ1) is 19.0. The number of anilines is 3. The van der Waals surface area contributed by atoms with Crippen LogP contribution in [0.25, 0.3) is 0 Å². The Morgan fingerprint density at radius 2 is 1.90 bits per heavy atom. The van der Waals surface area contributed by atoms with E-state index in [4.69, 9.17) is 5.73 Å². The van der Waals surface area contributed by atoms with Gasteiger partial charge in [0.1, 0.15) is 11.2 Å². The number of carbonyl (C=O) groups excluding carboxylic acids is 2. The van der Waals surface area contributed by atoms with Crippen LogP contribution in [0.1, 0.15) is 37.8 Å². The maximum absolute atomic E-state index is 13.5. The SMILES string of the molecule is CC1(C)CC(=O)C2=C(C1)Nc1nc(N)[nH]c(=O)c1C21C(=O)Nc2ccc([N+](=O)[O-])cc21. The highest BCUT2D eigenvalue weighted by Crippen LogP contribution is 2.55. The van der Waals surface area contributed by atoms with Crippen LogP contribution in [-0.4, -0.2) is 26.6 Å². The second-order valence-corrected chi connectivity index (χ2v) is 8.79. The third-order valence-electron chi connectivity index (χ3n) is 6.04. The number of carbonyl (C=O) groups is 2. The lowest BCUT2D eigenvalue weighted by Crippen LogP contribution is -2.50. The molecule has 11 nitrogen and oxygen atoms in total. The summed E-state index contributed by atoms with van der Waals surface area (Å²) in [7, 11) is 0. The molecule has 0 saturated heterocycles. The molecule has 0 bridgehead atoms. The average Bonchev–Trinajstić information content (AvgIpc) is 2.91. The number of hydrogen-bond acceptors (Lipinski definition) is 8. The molecular formula is C20H18N6O5. The van der Waals surface area contributed by atoms with E-state index in [1.165, 1.54) is 18.2 Å². The summed E-state index contributed by atoms with van der Waals surface area (Å²) in [6.07, 6.45) is 0.573. The molecule has 5 N–H and O–H groups in total. The van der Waals surface area contributed by atoms with Crippen molar-refractivity contribution in [3.05, 3.63) is 61.1 Å². The molecule has 0 radical (unpaired) electrons. The molecule has 11 heteroatoms. The molecule has 1 unspecified atom stereocenters. The van der Waals surface area contributed by atoms with Crippen molar-refractivity contribution < 1.29 is 14.5 Å². The summed E-state index contributed by atoms with van der Waals surface area (Å²) < 4.78 is 0. The number of rotatable bonds is 1.